The molecule has 0 aliphatic heterocycles. The van der Waals surface area contributed by atoms with Crippen LogP contribution in [0.4, 0.5) is 0 Å². The number of aliphatic carboxylic acids is 1. The van der Waals surface area contributed by atoms with Crippen LogP contribution in [0.3, 0.4) is 0 Å². The van der Waals surface area contributed by atoms with Gasteiger partial charge < -0.3 is 100 Å². The number of nitrogens with one attached hydrogen (secondary N) is 11. The molecule has 0 aliphatic carbocycles. The van der Waals surface area contributed by atoms with Gasteiger partial charge in [-0.25, -0.2) is 4.79 Å². The Morgan fingerprint density at radius 2 is 1.07 bits per heavy atom. The first-order chi connectivity index (χ1) is 34.8. The van der Waals surface area contributed by atoms with E-state index in [-0.39, 0.29) is 12.8 Å². The molecule has 10 amide bonds. The number of carbonyl (C=O) groups is 11. The van der Waals surface area contributed by atoms with Crippen molar-refractivity contribution in [3.63, 3.8) is 0 Å². The highest BCUT2D eigenvalue weighted by Gasteiger charge is 2.35. The van der Waals surface area contributed by atoms with Crippen molar-refractivity contribution in [2.45, 2.75) is 120 Å². The molecule has 0 radical (unpaired) electrons. The highest BCUT2D eigenvalue weighted by molar-refractivity contribution is 5.98. The minimum Gasteiger partial charge on any atom is -0.480 e. The Morgan fingerprint density at radius 3 is 1.64 bits per heavy atom. The van der Waals surface area contributed by atoms with E-state index >= 15 is 0 Å². The third-order valence-corrected chi connectivity index (χ3v) is 10.9. The van der Waals surface area contributed by atoms with Gasteiger partial charge in [0.1, 0.15) is 48.3 Å². The highest BCUT2D eigenvalue weighted by Crippen LogP contribution is 2.19. The molecule has 1 heterocycles. The van der Waals surface area contributed by atoms with E-state index in [4.69, 9.17) is 16.6 Å². The monoisotopic (exact) mass is 1050 g/mol. The number of hydrogen-bond acceptors (Lipinski definition) is 18. The number of carbonyl (C=O) groups excluding carboxylic acids is 10. The number of carboxylic acid groups (broad SMARTS) is 1. The number of nitrogens with two attached hydrogens (primary N) is 2. The van der Waals surface area contributed by atoms with E-state index in [0.29, 0.717) is 35.9 Å². The van der Waals surface area contributed by atoms with Gasteiger partial charge in [0.15, 0.2) is 0 Å². The zero-order valence-electron chi connectivity index (χ0n) is 41.1. The molecule has 412 valence electrons. The third-order valence-electron chi connectivity index (χ3n) is 10.9. The maximum Gasteiger partial charge on any atom is 0.326 e. The summed E-state index contributed by atoms with van der Waals surface area (Å²) in [5, 5.41) is 82.1. The predicted octanol–water partition coefficient (Wildman–Crippen LogP) is -8.86. The van der Waals surface area contributed by atoms with Crippen LogP contribution in [-0.2, 0) is 59.2 Å². The summed E-state index contributed by atoms with van der Waals surface area (Å²) in [4.78, 5) is 144. The second-order valence-corrected chi connectivity index (χ2v) is 17.1. The van der Waals surface area contributed by atoms with Gasteiger partial charge in [0, 0.05) is 23.5 Å². The number of fused-ring (bicyclic) bond motifs is 1. The number of aliphatic hydroxyl groups excluding tert-OH is 5. The van der Waals surface area contributed by atoms with Crippen LogP contribution in [0.5, 0.6) is 0 Å². The van der Waals surface area contributed by atoms with E-state index in [1.807, 2.05) is 0 Å². The first-order valence-corrected chi connectivity index (χ1v) is 23.3. The molecule has 74 heavy (non-hydrogen) atoms. The zero-order chi connectivity index (χ0) is 55.8. The number of amides is 10. The first-order valence-electron chi connectivity index (χ1n) is 23.3. The number of benzene rings is 1. The Balaban J connectivity index is 2.01. The minimum atomic E-state index is -1.74. The van der Waals surface area contributed by atoms with E-state index in [9.17, 15) is 78.3 Å². The van der Waals surface area contributed by atoms with Crippen LogP contribution in [0.15, 0.2) is 30.5 Å². The van der Waals surface area contributed by atoms with Crippen molar-refractivity contribution in [3.8, 4) is 0 Å². The number of aromatic amines is 1. The molecule has 1 aromatic carbocycles. The summed E-state index contributed by atoms with van der Waals surface area (Å²) in [6.45, 7) is 0.749. The van der Waals surface area contributed by atoms with E-state index in [0.717, 1.165) is 20.8 Å². The van der Waals surface area contributed by atoms with Gasteiger partial charge in [0.25, 0.3) is 0 Å². The van der Waals surface area contributed by atoms with E-state index in [1.54, 1.807) is 30.5 Å². The van der Waals surface area contributed by atoms with Crippen LogP contribution in [0.25, 0.3) is 10.9 Å². The summed E-state index contributed by atoms with van der Waals surface area (Å²) in [6.07, 6.45) is -2.39. The summed E-state index contributed by atoms with van der Waals surface area (Å²) in [6, 6.07) is -5.32. The Kier molecular flexibility index (Phi) is 26.5. The topological polar surface area (TPSA) is 497 Å². The fourth-order valence-corrected chi connectivity index (χ4v) is 6.69. The van der Waals surface area contributed by atoms with Gasteiger partial charge in [-0.15, -0.1) is 0 Å². The first kappa shape index (κ1) is 62.8. The van der Waals surface area contributed by atoms with Gasteiger partial charge in [-0.2, -0.15) is 0 Å². The van der Waals surface area contributed by atoms with Gasteiger partial charge in [-0.3, -0.25) is 47.9 Å². The maximum atomic E-state index is 13.7. The molecular formula is C44H69N13O17. The zero-order valence-corrected chi connectivity index (χ0v) is 41.1. The van der Waals surface area contributed by atoms with Crippen LogP contribution >= 0.6 is 0 Å². The van der Waals surface area contributed by atoms with Crippen molar-refractivity contribution < 1.29 is 83.4 Å². The molecule has 2 rings (SSSR count). The standard InChI is InChI=1S/C44H69N13O17/c1-20(37(66)57-36(23(4)62)43(72)53-29(13-24-14-47-27-10-6-5-9-25(24)27)40(69)52-28(44(73)74)11-7-8-12-45)51-42(71)35(22(3)61)56-32(64)16-48-31(63)15-50-41(70)34(21(2)60)55-33(65)17-49-39(68)30(19-59)54-38(67)26(46)18-58/h5-6,9-10,14,20-23,26,28-30,34-36,47,58-62H,7-8,11-13,15-19,45-46H2,1-4H3,(H,48,63)(H,49,68)(H,50,70)(H,51,71)(H,52,69)(H,53,72)(H,54,67)(H,55,65)(H,56,64)(H,57,66)(H,73,74)/t20-,21+,22+,23+,26-,28-,29-,30-,34-,35-,36-/m0/s1. The Bertz CT molecular complexity index is 2280. The van der Waals surface area contributed by atoms with Crippen LogP contribution in [-0.4, -0.2) is 207 Å². The summed E-state index contributed by atoms with van der Waals surface area (Å²) in [5.74, 6) is -11.6. The second-order valence-electron chi connectivity index (χ2n) is 17.1. The lowest BCUT2D eigenvalue weighted by molar-refractivity contribution is -0.142. The molecule has 11 atom stereocenters. The van der Waals surface area contributed by atoms with Crippen LogP contribution < -0.4 is 64.6 Å². The number of hydrogen-bond donors (Lipinski definition) is 19. The number of unbranched alkanes of at least 4 members (excludes halogenated alkanes) is 1. The third kappa shape index (κ3) is 20.6. The second kappa shape index (κ2) is 31.3. The lowest BCUT2D eigenvalue weighted by Crippen LogP contribution is -2.61. The number of aliphatic hydroxyl groups is 5. The van der Waals surface area contributed by atoms with Gasteiger partial charge in [0.2, 0.25) is 59.1 Å². The quantitative estimate of drug-likeness (QED) is 0.0303. The van der Waals surface area contributed by atoms with Gasteiger partial charge in [-0.1, -0.05) is 18.2 Å². The summed E-state index contributed by atoms with van der Waals surface area (Å²) in [7, 11) is 0. The molecule has 0 fully saturated rings. The van der Waals surface area contributed by atoms with Crippen LogP contribution in [0, 0.1) is 0 Å². The number of rotatable bonds is 32. The SMILES string of the molecule is C[C@H](NC(=O)[C@@H](NC(=O)CNC(=O)CNC(=O)[C@@H](NC(=O)CNC(=O)[C@H](CO)NC(=O)[C@@H](N)CO)[C@@H](C)O)[C@@H](C)O)C(=O)N[C@H](C(=O)N[C@@H](Cc1c[nH]c2ccccc12)C(=O)N[C@@H](CCCCN)C(=O)O)[C@@H](C)O. The number of para-hydroxylation sites is 1. The number of H-pyrrole nitrogens is 1. The van der Waals surface area contributed by atoms with Gasteiger partial charge >= 0.3 is 5.97 Å². The lowest BCUT2D eigenvalue weighted by atomic mass is 10.0. The summed E-state index contributed by atoms with van der Waals surface area (Å²) in [5.41, 5.74) is 12.2. The number of carboxylic acids is 1. The Labute approximate surface area is 423 Å². The molecule has 0 saturated carbocycles. The fourth-order valence-electron chi connectivity index (χ4n) is 6.69. The van der Waals surface area contributed by atoms with Crippen molar-refractivity contribution in [2.24, 2.45) is 11.5 Å². The molecule has 30 heteroatoms. The van der Waals surface area contributed by atoms with E-state index in [2.05, 4.69) is 58.2 Å². The molecule has 30 nitrogen and oxygen atoms in total. The fraction of sp³-hybridized carbons (Fsp3) is 0.568. The summed E-state index contributed by atoms with van der Waals surface area (Å²) >= 11 is 0. The molecule has 0 aliphatic rings. The van der Waals surface area contributed by atoms with E-state index < -0.39 is 165 Å². The van der Waals surface area contributed by atoms with E-state index in [1.165, 1.54) is 6.92 Å². The van der Waals surface area contributed by atoms with Gasteiger partial charge in [0.05, 0.1) is 51.2 Å². The van der Waals surface area contributed by atoms with Crippen molar-refractivity contribution in [1.82, 2.24) is 58.2 Å². The molecule has 0 spiro atoms. The lowest BCUT2D eigenvalue weighted by Gasteiger charge is -2.27. The molecular weight excluding hydrogens is 983 g/mol. The Morgan fingerprint density at radius 1 is 0.554 bits per heavy atom. The minimum absolute atomic E-state index is 0.0396. The van der Waals surface area contributed by atoms with Crippen LogP contribution in [0.1, 0.15) is 52.5 Å². The van der Waals surface area contributed by atoms with Crippen molar-refractivity contribution >= 4 is 75.9 Å². The predicted molar refractivity (Wildman–Crippen MR) is 258 cm³/mol. The number of aromatic nitrogens is 1. The maximum absolute atomic E-state index is 13.7. The highest BCUT2D eigenvalue weighted by atomic mass is 16.4. The molecule has 0 saturated heterocycles. The van der Waals surface area contributed by atoms with Crippen molar-refractivity contribution in [2.75, 3.05) is 39.4 Å². The summed E-state index contributed by atoms with van der Waals surface area (Å²) < 4.78 is 0. The van der Waals surface area contributed by atoms with Crippen molar-refractivity contribution in [3.05, 3.63) is 36.0 Å². The molecule has 21 N–H and O–H groups in total. The normalized spacial score (nSPS) is 15.6. The molecule has 0 unspecified atom stereocenters. The van der Waals surface area contributed by atoms with Crippen molar-refractivity contribution in [1.29, 1.82) is 0 Å². The largest absolute Gasteiger partial charge is 0.480 e. The average Bonchev–Trinajstić information content (AvgIpc) is 3.76. The van der Waals surface area contributed by atoms with Crippen LogP contribution in [0.2, 0.25) is 0 Å². The molecule has 0 bridgehead atoms. The molecule has 2 aromatic rings. The average molecular weight is 1050 g/mol. The van der Waals surface area contributed by atoms with Gasteiger partial charge in [-0.05, 0) is 65.1 Å². The Hall–Kier alpha value is -7.35. The smallest absolute Gasteiger partial charge is 0.326 e. The molecule has 1 aromatic heterocycles.